The first-order chi connectivity index (χ1) is 30.9. The summed E-state index contributed by atoms with van der Waals surface area (Å²) in [5.41, 5.74) is 24.3. The lowest BCUT2D eigenvalue weighted by atomic mass is 9.76. The maximum Gasteiger partial charge on any atom is 0.0465 e. The van der Waals surface area contributed by atoms with Gasteiger partial charge in [-0.25, -0.2) is 0 Å². The zero-order valence-corrected chi connectivity index (χ0v) is 35.9. The maximum atomic E-state index is 6.30. The van der Waals surface area contributed by atoms with E-state index in [0.717, 1.165) is 51.3 Å². The van der Waals surface area contributed by atoms with Gasteiger partial charge in [0, 0.05) is 34.0 Å². The molecule has 2 aliphatic rings. The second-order valence-corrected chi connectivity index (χ2v) is 17.6. The second kappa shape index (κ2) is 15.4. The van der Waals surface area contributed by atoms with E-state index in [1.165, 1.54) is 66.8 Å². The average Bonchev–Trinajstić information content (AvgIpc) is 3.56. The first-order valence-corrected chi connectivity index (χ1v) is 22.1. The van der Waals surface area contributed by atoms with Gasteiger partial charge in [0.15, 0.2) is 0 Å². The normalized spacial score (nSPS) is 14.2. The van der Waals surface area contributed by atoms with Gasteiger partial charge in [-0.2, -0.15) is 0 Å². The molecular weight excluding hydrogens is 759 g/mol. The summed E-state index contributed by atoms with van der Waals surface area (Å²) in [6, 6.07) is 75.7. The van der Waals surface area contributed by atoms with Crippen molar-refractivity contribution in [1.82, 2.24) is 0 Å². The minimum atomic E-state index is -0.191. The van der Waals surface area contributed by atoms with E-state index in [9.17, 15) is 0 Å². The molecular formula is C62H47N. The third-order valence-electron chi connectivity index (χ3n) is 13.7. The van der Waals surface area contributed by atoms with Crippen molar-refractivity contribution >= 4 is 17.1 Å². The number of benzene rings is 9. The Hall–Kier alpha value is -7.66. The summed E-state index contributed by atoms with van der Waals surface area (Å²) in [7, 11) is 0. The lowest BCUT2D eigenvalue weighted by molar-refractivity contribution is 0.660. The van der Waals surface area contributed by atoms with Gasteiger partial charge >= 0.3 is 0 Å². The lowest BCUT2D eigenvalue weighted by Crippen LogP contribution is -2.17. The van der Waals surface area contributed by atoms with E-state index < -0.39 is 0 Å². The predicted molar refractivity (Wildman–Crippen MR) is 265 cm³/mol. The van der Waals surface area contributed by atoms with E-state index in [4.69, 9.17) is 6.42 Å². The van der Waals surface area contributed by atoms with E-state index in [2.05, 4.69) is 238 Å². The van der Waals surface area contributed by atoms with Crippen molar-refractivity contribution in [2.45, 2.75) is 38.5 Å². The molecule has 1 unspecified atom stereocenters. The number of hydrogen-bond donors (Lipinski definition) is 0. The highest BCUT2D eigenvalue weighted by Gasteiger charge is 2.36. The van der Waals surface area contributed by atoms with Crippen LogP contribution in [0.4, 0.5) is 17.1 Å². The van der Waals surface area contributed by atoms with Crippen molar-refractivity contribution in [2.24, 2.45) is 0 Å². The Morgan fingerprint density at radius 3 is 1.78 bits per heavy atom. The molecule has 0 bridgehead atoms. The van der Waals surface area contributed by atoms with E-state index in [0.29, 0.717) is 0 Å². The Balaban J connectivity index is 1.01. The molecule has 0 saturated carbocycles. The number of nitrogens with zero attached hydrogens (tertiary/aromatic N) is 1. The molecule has 0 N–H and O–H groups in total. The molecule has 0 aromatic heterocycles. The van der Waals surface area contributed by atoms with Crippen LogP contribution < -0.4 is 4.90 Å². The fraction of sp³-hybridized carbons (Fsp3) is 0.0968. The highest BCUT2D eigenvalue weighted by atomic mass is 15.1. The largest absolute Gasteiger partial charge is 0.310 e. The van der Waals surface area contributed by atoms with E-state index in [-0.39, 0.29) is 11.3 Å². The van der Waals surface area contributed by atoms with Crippen molar-refractivity contribution < 1.29 is 0 Å². The highest BCUT2D eigenvalue weighted by Crippen LogP contribution is 2.52. The Kier molecular flexibility index (Phi) is 9.33. The van der Waals surface area contributed by atoms with Gasteiger partial charge in [-0.05, 0) is 145 Å². The first kappa shape index (κ1) is 38.3. The minimum Gasteiger partial charge on any atom is -0.310 e. The van der Waals surface area contributed by atoms with Crippen molar-refractivity contribution in [2.75, 3.05) is 4.90 Å². The fourth-order valence-electron chi connectivity index (χ4n) is 10.5. The molecule has 0 saturated heterocycles. The lowest BCUT2D eigenvalue weighted by Gasteiger charge is -2.30. The molecule has 0 radical (unpaired) electrons. The smallest absolute Gasteiger partial charge is 0.0465 e. The zero-order valence-electron chi connectivity index (χ0n) is 35.9. The SMILES string of the molecule is C#Cc1c(-c2ccc(N(c3ccc(C4Cc5ccccc5-c5ccccc54)cc3)c3ccc4c(c3)C(C)(C)c3cc(-c5ccccc5)ccc3-4)cc2)cccc1-c1ccccc1C. The van der Waals surface area contributed by atoms with Crippen LogP contribution >= 0.6 is 0 Å². The number of anilines is 3. The quantitative estimate of drug-likeness (QED) is 0.145. The summed E-state index contributed by atoms with van der Waals surface area (Å²) in [5, 5.41) is 0. The number of terminal acetylenes is 1. The summed E-state index contributed by atoms with van der Waals surface area (Å²) in [6.45, 7) is 6.89. The molecule has 0 amide bonds. The third-order valence-corrected chi connectivity index (χ3v) is 13.7. The molecule has 300 valence electrons. The van der Waals surface area contributed by atoms with Gasteiger partial charge in [0.25, 0.3) is 0 Å². The Labute approximate surface area is 372 Å². The van der Waals surface area contributed by atoms with Crippen LogP contribution in [0.1, 0.15) is 58.7 Å². The Morgan fingerprint density at radius 2 is 1.03 bits per heavy atom. The van der Waals surface area contributed by atoms with Gasteiger partial charge in [0.1, 0.15) is 0 Å². The highest BCUT2D eigenvalue weighted by molar-refractivity contribution is 5.89. The fourth-order valence-corrected chi connectivity index (χ4v) is 10.5. The van der Waals surface area contributed by atoms with Crippen LogP contribution in [-0.2, 0) is 11.8 Å². The van der Waals surface area contributed by atoms with Crippen molar-refractivity contribution in [3.63, 3.8) is 0 Å². The van der Waals surface area contributed by atoms with Crippen molar-refractivity contribution in [3.05, 3.63) is 245 Å². The standard InChI is InChI=1S/C62H47N/c1-5-50-52(24-15-25-54(50)51-20-11-9-16-41(51)2)43-26-31-47(32-27-43)63(48-33-28-44(29-34-48)59-38-46-19-10-12-21-53(46)55-22-13-14-23-56(55)59)49-35-37-58-57-36-30-45(42-17-7-6-8-18-42)39-60(57)62(3,4)61(58)40-49/h1,6-37,39-40,59H,38H2,2-4H3. The van der Waals surface area contributed by atoms with Crippen molar-refractivity contribution in [1.29, 1.82) is 0 Å². The Bertz CT molecular complexity index is 3230. The van der Waals surface area contributed by atoms with Gasteiger partial charge in [-0.3, -0.25) is 0 Å². The minimum absolute atomic E-state index is 0.191. The predicted octanol–water partition coefficient (Wildman–Crippen LogP) is 16.1. The van der Waals surface area contributed by atoms with E-state index in [1.54, 1.807) is 0 Å². The van der Waals surface area contributed by atoms with Crippen LogP contribution in [0.2, 0.25) is 0 Å². The van der Waals surface area contributed by atoms with Gasteiger partial charge in [0.2, 0.25) is 0 Å². The van der Waals surface area contributed by atoms with E-state index in [1.807, 2.05) is 0 Å². The van der Waals surface area contributed by atoms with Gasteiger partial charge in [0.05, 0.1) is 0 Å². The number of aryl methyl sites for hydroxylation is 1. The number of rotatable bonds is 7. The van der Waals surface area contributed by atoms with Gasteiger partial charge in [-0.15, -0.1) is 6.42 Å². The molecule has 2 aliphatic carbocycles. The van der Waals surface area contributed by atoms with Crippen LogP contribution in [-0.4, -0.2) is 0 Å². The zero-order chi connectivity index (χ0) is 42.7. The molecule has 63 heavy (non-hydrogen) atoms. The van der Waals surface area contributed by atoms with Crippen LogP contribution in [0.25, 0.3) is 55.6 Å². The average molecular weight is 806 g/mol. The number of fused-ring (bicyclic) bond motifs is 6. The molecule has 9 aromatic rings. The molecule has 0 fully saturated rings. The monoisotopic (exact) mass is 805 g/mol. The van der Waals surface area contributed by atoms with Crippen LogP contribution in [0, 0.1) is 19.3 Å². The molecule has 11 rings (SSSR count). The summed E-state index contributed by atoms with van der Waals surface area (Å²) in [6.07, 6.45) is 7.28. The summed E-state index contributed by atoms with van der Waals surface area (Å²) >= 11 is 0. The molecule has 9 aromatic carbocycles. The molecule has 0 aliphatic heterocycles. The van der Waals surface area contributed by atoms with Crippen LogP contribution in [0.3, 0.4) is 0 Å². The molecule has 1 heteroatoms. The molecule has 0 heterocycles. The third kappa shape index (κ3) is 6.50. The topological polar surface area (TPSA) is 3.24 Å². The Morgan fingerprint density at radius 1 is 0.460 bits per heavy atom. The molecule has 1 atom stereocenters. The van der Waals surface area contributed by atoms with Gasteiger partial charge in [-0.1, -0.05) is 184 Å². The van der Waals surface area contributed by atoms with Gasteiger partial charge < -0.3 is 4.90 Å². The van der Waals surface area contributed by atoms with E-state index >= 15 is 0 Å². The summed E-state index contributed by atoms with van der Waals surface area (Å²) < 4.78 is 0. The van der Waals surface area contributed by atoms with Crippen molar-refractivity contribution in [3.8, 4) is 68.0 Å². The first-order valence-electron chi connectivity index (χ1n) is 22.1. The summed E-state index contributed by atoms with van der Waals surface area (Å²) in [5.74, 6) is 3.34. The second-order valence-electron chi connectivity index (χ2n) is 17.6. The maximum absolute atomic E-state index is 6.30. The summed E-state index contributed by atoms with van der Waals surface area (Å²) in [4.78, 5) is 2.41. The van der Waals surface area contributed by atoms with Crippen LogP contribution in [0.5, 0.6) is 0 Å². The number of hydrogen-bond acceptors (Lipinski definition) is 1. The molecule has 1 nitrogen and oxygen atoms in total. The molecule has 0 spiro atoms. The van der Waals surface area contributed by atoms with Crippen LogP contribution in [0.15, 0.2) is 206 Å².